The van der Waals surface area contributed by atoms with Crippen molar-refractivity contribution < 1.29 is 9.52 Å². The maximum absolute atomic E-state index is 10.9. The van der Waals surface area contributed by atoms with Gasteiger partial charge in [0.2, 0.25) is 0 Å². The summed E-state index contributed by atoms with van der Waals surface area (Å²) in [5, 5.41) is 8.86. The van der Waals surface area contributed by atoms with Gasteiger partial charge in [0, 0.05) is 6.54 Å². The van der Waals surface area contributed by atoms with Gasteiger partial charge in [0.1, 0.15) is 0 Å². The molecule has 0 aliphatic carbocycles. The van der Waals surface area contributed by atoms with Crippen LogP contribution in [-0.4, -0.2) is 28.8 Å². The van der Waals surface area contributed by atoms with E-state index in [9.17, 15) is 4.79 Å². The maximum atomic E-state index is 10.9. The number of H-pyrrole nitrogens is 1. The largest absolute Gasteiger partial charge is 0.417 e. The van der Waals surface area contributed by atoms with E-state index >= 15 is 0 Å². The number of aromatic nitrogens is 1. The predicted molar refractivity (Wildman–Crippen MR) is 55.4 cm³/mol. The smallest absolute Gasteiger partial charge is 0.408 e. The van der Waals surface area contributed by atoms with Gasteiger partial charge < -0.3 is 9.52 Å². The first-order valence-corrected chi connectivity index (χ1v) is 4.60. The molecule has 1 heterocycles. The van der Waals surface area contributed by atoms with E-state index in [-0.39, 0.29) is 6.73 Å². The molecule has 1 aromatic carbocycles. The molecule has 15 heavy (non-hydrogen) atoms. The van der Waals surface area contributed by atoms with Gasteiger partial charge in [0.15, 0.2) is 5.58 Å². The molecule has 2 N–H and O–H groups in total. The van der Waals surface area contributed by atoms with Crippen LogP contribution in [0.5, 0.6) is 0 Å². The predicted octanol–water partition coefficient (Wildman–Crippen LogP) is 0.503. The minimum absolute atomic E-state index is 0.0000557. The molecule has 2 rings (SSSR count). The molecular formula is C10H12N2O3. The van der Waals surface area contributed by atoms with E-state index in [0.717, 1.165) is 5.56 Å². The zero-order valence-corrected chi connectivity index (χ0v) is 8.36. The van der Waals surface area contributed by atoms with E-state index < -0.39 is 5.76 Å². The number of nitrogens with one attached hydrogen (secondary N) is 1. The van der Waals surface area contributed by atoms with E-state index in [0.29, 0.717) is 17.6 Å². The lowest BCUT2D eigenvalue weighted by atomic mass is 10.2. The minimum atomic E-state index is -0.447. The van der Waals surface area contributed by atoms with Crippen molar-refractivity contribution in [2.24, 2.45) is 0 Å². The van der Waals surface area contributed by atoms with Crippen LogP contribution in [0.1, 0.15) is 5.56 Å². The van der Waals surface area contributed by atoms with Crippen molar-refractivity contribution in [3.8, 4) is 0 Å². The van der Waals surface area contributed by atoms with Crippen LogP contribution in [0.15, 0.2) is 27.4 Å². The van der Waals surface area contributed by atoms with Crippen molar-refractivity contribution in [2.45, 2.75) is 6.54 Å². The highest BCUT2D eigenvalue weighted by molar-refractivity contribution is 5.72. The molecule has 80 valence electrons. The van der Waals surface area contributed by atoms with Crippen LogP contribution in [0, 0.1) is 0 Å². The van der Waals surface area contributed by atoms with Gasteiger partial charge in [-0.3, -0.25) is 9.88 Å². The van der Waals surface area contributed by atoms with Gasteiger partial charge in [-0.25, -0.2) is 4.79 Å². The second-order valence-electron chi connectivity index (χ2n) is 3.50. The Morgan fingerprint density at radius 2 is 2.33 bits per heavy atom. The molecule has 0 fully saturated rings. The lowest BCUT2D eigenvalue weighted by Crippen LogP contribution is -2.18. The Morgan fingerprint density at radius 3 is 3.07 bits per heavy atom. The van der Waals surface area contributed by atoms with Crippen molar-refractivity contribution in [3.05, 3.63) is 34.3 Å². The molecule has 0 atom stereocenters. The number of benzene rings is 1. The first-order valence-electron chi connectivity index (χ1n) is 4.60. The molecule has 0 saturated heterocycles. The zero-order chi connectivity index (χ0) is 10.8. The Bertz CT molecular complexity index is 515. The summed E-state index contributed by atoms with van der Waals surface area (Å²) in [7, 11) is 1.81. The van der Waals surface area contributed by atoms with Crippen molar-refractivity contribution >= 4 is 11.1 Å². The van der Waals surface area contributed by atoms with Crippen molar-refractivity contribution in [1.29, 1.82) is 0 Å². The summed E-state index contributed by atoms with van der Waals surface area (Å²) in [6, 6.07) is 5.45. The number of aromatic amines is 1. The lowest BCUT2D eigenvalue weighted by Gasteiger charge is -2.12. The molecule has 0 radical (unpaired) electrons. The average molecular weight is 208 g/mol. The quantitative estimate of drug-likeness (QED) is 0.721. The molecule has 0 spiro atoms. The molecule has 0 saturated carbocycles. The summed E-state index contributed by atoms with van der Waals surface area (Å²) >= 11 is 0. The molecule has 1 aromatic heterocycles. The molecule has 0 unspecified atom stereocenters. The van der Waals surface area contributed by atoms with Gasteiger partial charge in [0.25, 0.3) is 0 Å². The Kier molecular flexibility index (Phi) is 2.57. The molecular weight excluding hydrogens is 196 g/mol. The number of aliphatic hydroxyl groups excluding tert-OH is 1. The van der Waals surface area contributed by atoms with Crippen LogP contribution >= 0.6 is 0 Å². The normalized spacial score (nSPS) is 11.4. The van der Waals surface area contributed by atoms with Crippen LogP contribution in [0.25, 0.3) is 11.1 Å². The zero-order valence-electron chi connectivity index (χ0n) is 8.36. The van der Waals surface area contributed by atoms with Crippen LogP contribution in [0.4, 0.5) is 0 Å². The number of nitrogens with zero attached hydrogens (tertiary/aromatic N) is 1. The van der Waals surface area contributed by atoms with Crippen LogP contribution in [0.3, 0.4) is 0 Å². The highest BCUT2D eigenvalue weighted by Crippen LogP contribution is 2.13. The summed E-state index contributed by atoms with van der Waals surface area (Å²) in [6.07, 6.45) is 0. The number of rotatable bonds is 3. The summed E-state index contributed by atoms with van der Waals surface area (Å²) in [6.45, 7) is 0.625. The fraction of sp³-hybridized carbons (Fsp3) is 0.300. The summed E-state index contributed by atoms with van der Waals surface area (Å²) in [4.78, 5) is 15.2. The number of aliphatic hydroxyl groups is 1. The average Bonchev–Trinajstić information content (AvgIpc) is 2.57. The second kappa shape index (κ2) is 3.88. The highest BCUT2D eigenvalue weighted by Gasteiger charge is 2.03. The number of hydrogen-bond donors (Lipinski definition) is 2. The van der Waals surface area contributed by atoms with Crippen molar-refractivity contribution in [3.63, 3.8) is 0 Å². The first-order chi connectivity index (χ1) is 7.19. The van der Waals surface area contributed by atoms with Gasteiger partial charge in [-0.05, 0) is 24.7 Å². The van der Waals surface area contributed by atoms with Gasteiger partial charge in [-0.2, -0.15) is 0 Å². The topological polar surface area (TPSA) is 69.5 Å². The molecule has 0 bridgehead atoms. The number of hydrogen-bond acceptors (Lipinski definition) is 4. The van der Waals surface area contributed by atoms with Crippen molar-refractivity contribution in [2.75, 3.05) is 13.8 Å². The Balaban J connectivity index is 2.34. The van der Waals surface area contributed by atoms with Gasteiger partial charge >= 0.3 is 5.76 Å². The standard InChI is InChI=1S/C10H12N2O3/c1-12(6-13)5-7-2-3-9-8(4-7)11-10(14)15-9/h2-4,13H,5-6H2,1H3,(H,11,14). The molecule has 0 aliphatic rings. The second-order valence-corrected chi connectivity index (χ2v) is 3.50. The Morgan fingerprint density at radius 1 is 1.53 bits per heavy atom. The molecule has 5 nitrogen and oxygen atoms in total. The third-order valence-corrected chi connectivity index (χ3v) is 2.18. The molecule has 0 amide bonds. The van der Waals surface area contributed by atoms with E-state index in [1.165, 1.54) is 0 Å². The third kappa shape index (κ3) is 2.08. The summed E-state index contributed by atoms with van der Waals surface area (Å²) in [5.74, 6) is -0.447. The fourth-order valence-corrected chi connectivity index (χ4v) is 1.46. The first kappa shape index (κ1) is 9.95. The van der Waals surface area contributed by atoms with Crippen LogP contribution < -0.4 is 5.76 Å². The SMILES string of the molecule is CN(CO)Cc1ccc2oc(=O)[nH]c2c1. The van der Waals surface area contributed by atoms with Gasteiger partial charge in [-0.1, -0.05) is 6.07 Å². The van der Waals surface area contributed by atoms with E-state index in [4.69, 9.17) is 9.52 Å². The van der Waals surface area contributed by atoms with Gasteiger partial charge in [0.05, 0.1) is 12.2 Å². The molecule has 2 aromatic rings. The van der Waals surface area contributed by atoms with Crippen LogP contribution in [-0.2, 0) is 6.54 Å². The Hall–Kier alpha value is -1.59. The summed E-state index contributed by atoms with van der Waals surface area (Å²) in [5.41, 5.74) is 2.25. The lowest BCUT2D eigenvalue weighted by molar-refractivity contribution is 0.127. The Labute approximate surface area is 85.9 Å². The van der Waals surface area contributed by atoms with Crippen molar-refractivity contribution in [1.82, 2.24) is 9.88 Å². The monoisotopic (exact) mass is 208 g/mol. The highest BCUT2D eigenvalue weighted by atomic mass is 16.4. The van der Waals surface area contributed by atoms with Gasteiger partial charge in [-0.15, -0.1) is 0 Å². The van der Waals surface area contributed by atoms with E-state index in [2.05, 4.69) is 4.98 Å². The van der Waals surface area contributed by atoms with Crippen LogP contribution in [0.2, 0.25) is 0 Å². The van der Waals surface area contributed by atoms with E-state index in [1.54, 1.807) is 11.0 Å². The minimum Gasteiger partial charge on any atom is -0.408 e. The third-order valence-electron chi connectivity index (χ3n) is 2.18. The number of oxazole rings is 1. The fourth-order valence-electron chi connectivity index (χ4n) is 1.46. The molecule has 0 aliphatic heterocycles. The molecule has 5 heteroatoms. The maximum Gasteiger partial charge on any atom is 0.417 e. The van der Waals surface area contributed by atoms with E-state index in [1.807, 2.05) is 19.2 Å². The summed E-state index contributed by atoms with van der Waals surface area (Å²) < 4.78 is 4.88. The number of fused-ring (bicyclic) bond motifs is 1.